The van der Waals surface area contributed by atoms with Crippen LogP contribution in [0.3, 0.4) is 0 Å². The molecule has 130 valence electrons. The summed E-state index contributed by atoms with van der Waals surface area (Å²) < 4.78 is 5.06. The molecule has 3 aromatic rings. The highest BCUT2D eigenvalue weighted by atomic mass is 16.4. The Morgan fingerprint density at radius 1 is 1.00 bits per heavy atom. The highest BCUT2D eigenvalue weighted by Crippen LogP contribution is 2.18. The van der Waals surface area contributed by atoms with Crippen LogP contribution in [0, 0.1) is 0 Å². The molecule has 0 aliphatic rings. The van der Waals surface area contributed by atoms with Gasteiger partial charge in [0.15, 0.2) is 0 Å². The maximum Gasteiger partial charge on any atom is 0.336 e. The van der Waals surface area contributed by atoms with Crippen LogP contribution in [0.5, 0.6) is 0 Å². The first kappa shape index (κ1) is 17.2. The van der Waals surface area contributed by atoms with E-state index in [1.807, 2.05) is 0 Å². The van der Waals surface area contributed by atoms with E-state index in [0.717, 1.165) is 10.9 Å². The molecule has 0 saturated carbocycles. The third-order valence-electron chi connectivity index (χ3n) is 3.65. The summed E-state index contributed by atoms with van der Waals surface area (Å²) in [5.74, 6) is -0.511. The lowest BCUT2D eigenvalue weighted by atomic mass is 10.1. The van der Waals surface area contributed by atoms with E-state index in [0.29, 0.717) is 17.0 Å². The minimum absolute atomic E-state index is 0.152. The number of carbonyl (C=O) groups excluding carboxylic acids is 2. The molecule has 1 aromatic heterocycles. The molecular weight excluding hydrogens is 332 g/mol. The Hall–Kier alpha value is -3.67. The van der Waals surface area contributed by atoms with Crippen molar-refractivity contribution in [1.29, 1.82) is 0 Å². The Kier molecular flexibility index (Phi) is 4.94. The second-order valence-electron chi connectivity index (χ2n) is 5.63. The van der Waals surface area contributed by atoms with Gasteiger partial charge in [0.2, 0.25) is 11.8 Å². The van der Waals surface area contributed by atoms with Gasteiger partial charge in [-0.25, -0.2) is 4.79 Å². The summed E-state index contributed by atoms with van der Waals surface area (Å²) in [5, 5.41) is 6.18. The van der Waals surface area contributed by atoms with Gasteiger partial charge in [-0.1, -0.05) is 18.7 Å². The second kappa shape index (κ2) is 7.48. The quantitative estimate of drug-likeness (QED) is 0.548. The summed E-state index contributed by atoms with van der Waals surface area (Å²) in [6, 6.07) is 15.0. The topological polar surface area (TPSA) is 88.4 Å². The van der Waals surface area contributed by atoms with Crippen LogP contribution in [0.15, 0.2) is 76.5 Å². The number of amides is 2. The SMILES string of the molecule is C=CC(=O)Nc1cccc(CC(=O)Nc2ccc3oc(=O)ccc3c2)c1. The van der Waals surface area contributed by atoms with Crippen LogP contribution in [-0.2, 0) is 16.0 Å². The van der Waals surface area contributed by atoms with E-state index in [4.69, 9.17) is 4.42 Å². The molecule has 0 saturated heterocycles. The Balaban J connectivity index is 1.70. The Morgan fingerprint density at radius 3 is 2.62 bits per heavy atom. The van der Waals surface area contributed by atoms with Gasteiger partial charge >= 0.3 is 5.63 Å². The predicted molar refractivity (Wildman–Crippen MR) is 100 cm³/mol. The highest BCUT2D eigenvalue weighted by molar-refractivity contribution is 5.99. The molecule has 6 nitrogen and oxygen atoms in total. The van der Waals surface area contributed by atoms with Crippen LogP contribution in [0.2, 0.25) is 0 Å². The largest absolute Gasteiger partial charge is 0.423 e. The van der Waals surface area contributed by atoms with Crippen molar-refractivity contribution in [3.05, 3.63) is 83.2 Å². The molecule has 0 fully saturated rings. The zero-order chi connectivity index (χ0) is 18.5. The lowest BCUT2D eigenvalue weighted by Gasteiger charge is -2.08. The number of benzene rings is 2. The van der Waals surface area contributed by atoms with Crippen molar-refractivity contribution in [1.82, 2.24) is 0 Å². The maximum atomic E-state index is 12.3. The minimum Gasteiger partial charge on any atom is -0.423 e. The summed E-state index contributed by atoms with van der Waals surface area (Å²) >= 11 is 0. The number of anilines is 2. The molecule has 0 radical (unpaired) electrons. The predicted octanol–water partition coefficient (Wildman–Crippen LogP) is 3.10. The fraction of sp³-hybridized carbons (Fsp3) is 0.0500. The minimum atomic E-state index is -0.419. The molecule has 0 bridgehead atoms. The molecular formula is C20H16N2O4. The molecule has 0 unspecified atom stereocenters. The second-order valence-corrected chi connectivity index (χ2v) is 5.63. The van der Waals surface area contributed by atoms with Gasteiger partial charge in [0.05, 0.1) is 6.42 Å². The fourth-order valence-electron chi connectivity index (χ4n) is 2.49. The Morgan fingerprint density at radius 2 is 1.81 bits per heavy atom. The van der Waals surface area contributed by atoms with Crippen molar-refractivity contribution in [2.75, 3.05) is 10.6 Å². The first-order valence-corrected chi connectivity index (χ1v) is 7.89. The first-order valence-electron chi connectivity index (χ1n) is 7.89. The summed E-state index contributed by atoms with van der Waals surface area (Å²) in [4.78, 5) is 34.8. The van der Waals surface area contributed by atoms with Gasteiger partial charge in [0, 0.05) is 22.8 Å². The van der Waals surface area contributed by atoms with Crippen LogP contribution in [0.1, 0.15) is 5.56 Å². The van der Waals surface area contributed by atoms with Crippen molar-refractivity contribution < 1.29 is 14.0 Å². The number of hydrogen-bond acceptors (Lipinski definition) is 4. The molecule has 0 aliphatic heterocycles. The third kappa shape index (κ3) is 4.24. The van der Waals surface area contributed by atoms with Crippen LogP contribution in [0.25, 0.3) is 11.0 Å². The molecule has 0 spiro atoms. The maximum absolute atomic E-state index is 12.3. The van der Waals surface area contributed by atoms with Gasteiger partial charge in [-0.05, 0) is 48.0 Å². The molecule has 6 heteroatoms. The van der Waals surface area contributed by atoms with E-state index >= 15 is 0 Å². The van der Waals surface area contributed by atoms with Crippen molar-refractivity contribution in [3.8, 4) is 0 Å². The van der Waals surface area contributed by atoms with Gasteiger partial charge in [0.1, 0.15) is 5.58 Å². The monoisotopic (exact) mass is 348 g/mol. The molecule has 1 heterocycles. The van der Waals surface area contributed by atoms with Gasteiger partial charge < -0.3 is 15.1 Å². The van der Waals surface area contributed by atoms with Gasteiger partial charge in [0.25, 0.3) is 0 Å². The average Bonchev–Trinajstić information content (AvgIpc) is 2.62. The number of fused-ring (bicyclic) bond motifs is 1. The zero-order valence-corrected chi connectivity index (χ0v) is 13.8. The van der Waals surface area contributed by atoms with Crippen LogP contribution in [-0.4, -0.2) is 11.8 Å². The first-order chi connectivity index (χ1) is 12.5. The smallest absolute Gasteiger partial charge is 0.336 e. The van der Waals surface area contributed by atoms with E-state index in [-0.39, 0.29) is 18.2 Å². The highest BCUT2D eigenvalue weighted by Gasteiger charge is 2.07. The van der Waals surface area contributed by atoms with Crippen molar-refractivity contribution >= 4 is 34.2 Å². The van der Waals surface area contributed by atoms with Crippen molar-refractivity contribution in [2.24, 2.45) is 0 Å². The van der Waals surface area contributed by atoms with Gasteiger partial charge in [-0.3, -0.25) is 9.59 Å². The van der Waals surface area contributed by atoms with E-state index < -0.39 is 5.63 Å². The van der Waals surface area contributed by atoms with Gasteiger partial charge in [-0.15, -0.1) is 0 Å². The zero-order valence-electron chi connectivity index (χ0n) is 13.8. The summed E-state index contributed by atoms with van der Waals surface area (Å²) in [6.45, 7) is 3.40. The Bertz CT molecular complexity index is 1050. The van der Waals surface area contributed by atoms with E-state index in [1.165, 1.54) is 12.1 Å². The van der Waals surface area contributed by atoms with Gasteiger partial charge in [-0.2, -0.15) is 0 Å². The summed E-state index contributed by atoms with van der Waals surface area (Å²) in [6.07, 6.45) is 1.33. The average molecular weight is 348 g/mol. The molecule has 0 atom stereocenters. The molecule has 26 heavy (non-hydrogen) atoms. The number of nitrogens with one attached hydrogen (secondary N) is 2. The van der Waals surface area contributed by atoms with Crippen LogP contribution < -0.4 is 16.3 Å². The van der Waals surface area contributed by atoms with Crippen LogP contribution in [0.4, 0.5) is 11.4 Å². The fourth-order valence-corrected chi connectivity index (χ4v) is 2.49. The lowest BCUT2D eigenvalue weighted by molar-refractivity contribution is -0.115. The third-order valence-corrected chi connectivity index (χ3v) is 3.65. The van der Waals surface area contributed by atoms with Crippen LogP contribution >= 0.6 is 0 Å². The molecule has 2 aromatic carbocycles. The standard InChI is InChI=1S/C20H16N2O4/c1-2-18(23)21-15-5-3-4-13(10-15)11-19(24)22-16-7-8-17-14(12-16)6-9-20(25)26-17/h2-10,12H,1,11H2,(H,21,23)(H,22,24). The molecule has 2 N–H and O–H groups in total. The van der Waals surface area contributed by atoms with Crippen molar-refractivity contribution in [3.63, 3.8) is 0 Å². The normalized spacial score (nSPS) is 10.3. The summed E-state index contributed by atoms with van der Waals surface area (Å²) in [7, 11) is 0. The summed E-state index contributed by atoms with van der Waals surface area (Å²) in [5.41, 5.74) is 2.00. The van der Waals surface area contributed by atoms with Crippen molar-refractivity contribution in [2.45, 2.75) is 6.42 Å². The number of hydrogen-bond donors (Lipinski definition) is 2. The number of carbonyl (C=O) groups is 2. The van der Waals surface area contributed by atoms with E-state index in [2.05, 4.69) is 17.2 Å². The van der Waals surface area contributed by atoms with E-state index in [1.54, 1.807) is 48.5 Å². The molecule has 2 amide bonds. The Labute approximate surface area is 149 Å². The van der Waals surface area contributed by atoms with E-state index in [9.17, 15) is 14.4 Å². The lowest BCUT2D eigenvalue weighted by Crippen LogP contribution is -2.14. The molecule has 3 rings (SSSR count). The number of rotatable bonds is 5. The molecule has 0 aliphatic carbocycles.